The molecular formula is C21H24. The Morgan fingerprint density at radius 1 is 0.762 bits per heavy atom. The molecule has 0 amide bonds. The molecule has 2 rings (SSSR count). The molecule has 2 aromatic rings. The van der Waals surface area contributed by atoms with Crippen LogP contribution >= 0.6 is 0 Å². The zero-order valence-corrected chi connectivity index (χ0v) is 13.2. The van der Waals surface area contributed by atoms with Gasteiger partial charge >= 0.3 is 0 Å². The molecule has 0 spiro atoms. The van der Waals surface area contributed by atoms with E-state index in [4.69, 9.17) is 0 Å². The first kappa shape index (κ1) is 15.3. The first-order valence-electron chi connectivity index (χ1n) is 7.64. The Bertz CT molecular complexity index is 595. The van der Waals surface area contributed by atoms with Crippen LogP contribution < -0.4 is 0 Å². The summed E-state index contributed by atoms with van der Waals surface area (Å²) in [4.78, 5) is 0. The predicted molar refractivity (Wildman–Crippen MR) is 94.2 cm³/mol. The number of rotatable bonds is 5. The minimum absolute atomic E-state index is 0.712. The van der Waals surface area contributed by atoms with Crippen LogP contribution in [0.3, 0.4) is 0 Å². The molecule has 0 heteroatoms. The van der Waals surface area contributed by atoms with Gasteiger partial charge in [-0.1, -0.05) is 92.2 Å². The second-order valence-corrected chi connectivity index (χ2v) is 5.97. The molecule has 0 fully saturated rings. The third kappa shape index (κ3) is 5.43. The van der Waals surface area contributed by atoms with Crippen LogP contribution in [-0.4, -0.2) is 0 Å². The highest BCUT2D eigenvalue weighted by Crippen LogP contribution is 2.11. The van der Waals surface area contributed by atoms with Crippen molar-refractivity contribution in [1.82, 2.24) is 0 Å². The van der Waals surface area contributed by atoms with E-state index in [9.17, 15) is 0 Å². The molecule has 21 heavy (non-hydrogen) atoms. The van der Waals surface area contributed by atoms with E-state index < -0.39 is 0 Å². The number of aryl methyl sites for hydroxylation is 1. The third-order valence-electron chi connectivity index (χ3n) is 3.39. The standard InChI is InChI=1S/C21H24/c1-17(2)16-21-14-12-20(13-15-21)7-5-4-6-19-10-8-18(3)9-11-19/h4-15,17H,16H2,1-3H3. The van der Waals surface area contributed by atoms with Crippen molar-refractivity contribution in [2.45, 2.75) is 27.2 Å². The predicted octanol–water partition coefficient (Wildman–Crippen LogP) is 5.92. The lowest BCUT2D eigenvalue weighted by molar-refractivity contribution is 0.647. The second-order valence-electron chi connectivity index (χ2n) is 5.97. The zero-order valence-electron chi connectivity index (χ0n) is 13.2. The van der Waals surface area contributed by atoms with E-state index in [0.717, 1.165) is 6.42 Å². The lowest BCUT2D eigenvalue weighted by Crippen LogP contribution is -1.93. The average Bonchev–Trinajstić information content (AvgIpc) is 2.46. The Morgan fingerprint density at radius 3 is 1.71 bits per heavy atom. The van der Waals surface area contributed by atoms with E-state index in [-0.39, 0.29) is 0 Å². The van der Waals surface area contributed by atoms with Crippen LogP contribution in [0.25, 0.3) is 12.2 Å². The highest BCUT2D eigenvalue weighted by Gasteiger charge is 1.96. The Balaban J connectivity index is 1.93. The summed E-state index contributed by atoms with van der Waals surface area (Å²) in [5.41, 5.74) is 5.19. The number of hydrogen-bond donors (Lipinski definition) is 0. The lowest BCUT2D eigenvalue weighted by atomic mass is 10.0. The summed E-state index contributed by atoms with van der Waals surface area (Å²) in [6.07, 6.45) is 9.61. The van der Waals surface area contributed by atoms with Gasteiger partial charge in [0.2, 0.25) is 0 Å². The van der Waals surface area contributed by atoms with Crippen molar-refractivity contribution in [3.8, 4) is 0 Å². The lowest BCUT2D eigenvalue weighted by Gasteiger charge is -2.04. The maximum Gasteiger partial charge on any atom is -0.0256 e. The number of hydrogen-bond acceptors (Lipinski definition) is 0. The molecule has 2 aromatic carbocycles. The van der Waals surface area contributed by atoms with Gasteiger partial charge in [-0.3, -0.25) is 0 Å². The molecule has 0 radical (unpaired) electrons. The highest BCUT2D eigenvalue weighted by atomic mass is 14.0. The summed E-state index contributed by atoms with van der Waals surface area (Å²) in [7, 11) is 0. The molecule has 0 N–H and O–H groups in total. The summed E-state index contributed by atoms with van der Waals surface area (Å²) < 4.78 is 0. The van der Waals surface area contributed by atoms with Crippen molar-refractivity contribution in [3.05, 3.63) is 82.9 Å². The fourth-order valence-corrected chi connectivity index (χ4v) is 2.25. The Kier molecular flexibility index (Phi) is 5.57. The SMILES string of the molecule is Cc1ccc(C=CC=Cc2ccc(CC(C)C)cc2)cc1. The summed E-state index contributed by atoms with van der Waals surface area (Å²) >= 11 is 0. The monoisotopic (exact) mass is 276 g/mol. The zero-order chi connectivity index (χ0) is 15.1. The maximum absolute atomic E-state index is 2.25. The molecule has 0 aliphatic rings. The van der Waals surface area contributed by atoms with E-state index in [1.54, 1.807) is 0 Å². The molecule has 0 saturated carbocycles. The summed E-state index contributed by atoms with van der Waals surface area (Å²) in [5, 5.41) is 0. The van der Waals surface area contributed by atoms with E-state index in [2.05, 4.69) is 93.6 Å². The normalized spacial score (nSPS) is 11.8. The minimum Gasteiger partial charge on any atom is -0.0625 e. The van der Waals surface area contributed by atoms with Crippen molar-refractivity contribution >= 4 is 12.2 Å². The van der Waals surface area contributed by atoms with Gasteiger partial charge in [-0.25, -0.2) is 0 Å². The van der Waals surface area contributed by atoms with Crippen molar-refractivity contribution in [1.29, 1.82) is 0 Å². The molecule has 0 heterocycles. The maximum atomic E-state index is 2.25. The van der Waals surface area contributed by atoms with Crippen molar-refractivity contribution < 1.29 is 0 Å². The van der Waals surface area contributed by atoms with Crippen LogP contribution in [0.4, 0.5) is 0 Å². The molecule has 0 saturated heterocycles. The Hall–Kier alpha value is -2.08. The van der Waals surface area contributed by atoms with Gasteiger partial charge in [-0.05, 0) is 36.0 Å². The molecule has 108 valence electrons. The molecule has 0 atom stereocenters. The summed E-state index contributed by atoms with van der Waals surface area (Å²) in [6, 6.07) is 17.4. The number of allylic oxidation sites excluding steroid dienone is 2. The van der Waals surface area contributed by atoms with Gasteiger partial charge in [0.05, 0.1) is 0 Å². The van der Waals surface area contributed by atoms with E-state index in [0.29, 0.717) is 5.92 Å². The summed E-state index contributed by atoms with van der Waals surface area (Å²) in [5.74, 6) is 0.712. The Labute approximate surface area is 128 Å². The van der Waals surface area contributed by atoms with Crippen LogP contribution in [0.5, 0.6) is 0 Å². The molecule has 0 aliphatic heterocycles. The first-order chi connectivity index (χ1) is 10.1. The van der Waals surface area contributed by atoms with Gasteiger partial charge in [-0.15, -0.1) is 0 Å². The first-order valence-corrected chi connectivity index (χ1v) is 7.64. The van der Waals surface area contributed by atoms with Crippen LogP contribution in [0.1, 0.15) is 36.1 Å². The van der Waals surface area contributed by atoms with Crippen molar-refractivity contribution in [2.75, 3.05) is 0 Å². The van der Waals surface area contributed by atoms with Gasteiger partial charge in [0, 0.05) is 0 Å². The fourth-order valence-electron chi connectivity index (χ4n) is 2.25. The third-order valence-corrected chi connectivity index (χ3v) is 3.39. The quantitative estimate of drug-likeness (QED) is 0.595. The van der Waals surface area contributed by atoms with Crippen molar-refractivity contribution in [3.63, 3.8) is 0 Å². The van der Waals surface area contributed by atoms with Crippen LogP contribution in [0.2, 0.25) is 0 Å². The van der Waals surface area contributed by atoms with Crippen LogP contribution in [0, 0.1) is 12.8 Å². The van der Waals surface area contributed by atoms with Crippen molar-refractivity contribution in [2.24, 2.45) is 5.92 Å². The fraction of sp³-hybridized carbons (Fsp3) is 0.238. The Morgan fingerprint density at radius 2 is 1.24 bits per heavy atom. The van der Waals surface area contributed by atoms with E-state index in [1.165, 1.54) is 22.3 Å². The van der Waals surface area contributed by atoms with E-state index in [1.807, 2.05) is 0 Å². The minimum atomic E-state index is 0.712. The van der Waals surface area contributed by atoms with Gasteiger partial charge in [0.25, 0.3) is 0 Å². The van der Waals surface area contributed by atoms with Crippen LogP contribution in [0.15, 0.2) is 60.7 Å². The topological polar surface area (TPSA) is 0 Å². The highest BCUT2D eigenvalue weighted by molar-refractivity contribution is 5.57. The molecular weight excluding hydrogens is 252 g/mol. The molecule has 0 bridgehead atoms. The smallest absolute Gasteiger partial charge is 0.0256 e. The largest absolute Gasteiger partial charge is 0.0625 e. The summed E-state index contributed by atoms with van der Waals surface area (Å²) in [6.45, 7) is 6.61. The van der Waals surface area contributed by atoms with Gasteiger partial charge < -0.3 is 0 Å². The average molecular weight is 276 g/mol. The van der Waals surface area contributed by atoms with Gasteiger partial charge in [0.1, 0.15) is 0 Å². The molecule has 0 aromatic heterocycles. The molecule has 0 unspecified atom stereocenters. The number of benzene rings is 2. The molecule has 0 aliphatic carbocycles. The second kappa shape index (κ2) is 7.64. The van der Waals surface area contributed by atoms with Crippen LogP contribution in [-0.2, 0) is 6.42 Å². The van der Waals surface area contributed by atoms with Gasteiger partial charge in [0.15, 0.2) is 0 Å². The van der Waals surface area contributed by atoms with Gasteiger partial charge in [-0.2, -0.15) is 0 Å². The van der Waals surface area contributed by atoms with E-state index >= 15 is 0 Å². The molecule has 0 nitrogen and oxygen atoms in total.